The van der Waals surface area contributed by atoms with Gasteiger partial charge in [0.1, 0.15) is 30.2 Å². The molecule has 0 bridgehead atoms. The summed E-state index contributed by atoms with van der Waals surface area (Å²) in [7, 11) is -3.60. The molecule has 0 saturated carbocycles. The number of aromatic nitrogens is 4. The number of halogens is 2. The van der Waals surface area contributed by atoms with Gasteiger partial charge in [-0.2, -0.15) is 9.97 Å². The van der Waals surface area contributed by atoms with Crippen LogP contribution >= 0.6 is 45.2 Å². The first-order chi connectivity index (χ1) is 21.4. The molecule has 2 fully saturated rings. The molecule has 4 rings (SSSR count). The molecule has 0 amide bonds. The van der Waals surface area contributed by atoms with E-state index in [-0.39, 0.29) is 58.9 Å². The van der Waals surface area contributed by atoms with Gasteiger partial charge >= 0.3 is 11.4 Å². The first-order valence-electron chi connectivity index (χ1n) is 15.7. The average Bonchev–Trinajstić information content (AvgIpc) is 3.49. The molecule has 0 radical (unpaired) electrons. The Morgan fingerprint density at radius 3 is 1.72 bits per heavy atom. The average molecular weight is 919 g/mol. The molecule has 13 nitrogen and oxygen atoms in total. The molecule has 0 aromatic carbocycles. The van der Waals surface area contributed by atoms with Crippen LogP contribution in [-0.2, 0) is 13.9 Å². The Morgan fingerprint density at radius 2 is 1.32 bits per heavy atom. The van der Waals surface area contributed by atoms with Crippen LogP contribution in [0.4, 0.5) is 11.6 Å². The lowest BCUT2D eigenvalue weighted by atomic mass is 10.2. The third kappa shape index (κ3) is 9.64. The second-order valence-electron chi connectivity index (χ2n) is 15.6. The highest BCUT2D eigenvalue weighted by molar-refractivity contribution is 14.1. The molecule has 17 heteroatoms. The maximum Gasteiger partial charge on any atom is 0.351 e. The Morgan fingerprint density at radius 1 is 0.872 bits per heavy atom. The normalized spacial score (nSPS) is 25.5. The first kappa shape index (κ1) is 40.5. The van der Waals surface area contributed by atoms with Crippen molar-refractivity contribution in [3.05, 3.63) is 40.5 Å². The van der Waals surface area contributed by atoms with Crippen LogP contribution in [0.3, 0.4) is 0 Å². The van der Waals surface area contributed by atoms with Gasteiger partial charge in [0.15, 0.2) is 8.32 Å². The molecule has 4 heterocycles. The van der Waals surface area contributed by atoms with E-state index in [4.69, 9.17) is 30.5 Å². The molecule has 6 atom stereocenters. The Kier molecular flexibility index (Phi) is 13.0. The molecule has 2 aromatic heterocycles. The summed E-state index contributed by atoms with van der Waals surface area (Å²) in [6, 6.07) is 1.00. The topological polar surface area (TPSA) is 190 Å². The third-order valence-electron chi connectivity index (χ3n) is 10.0. The van der Waals surface area contributed by atoms with E-state index in [1.807, 2.05) is 22.6 Å². The maximum atomic E-state index is 12.5. The van der Waals surface area contributed by atoms with Gasteiger partial charge in [-0.05, 0) is 74.4 Å². The van der Waals surface area contributed by atoms with Crippen molar-refractivity contribution in [2.24, 2.45) is 0 Å². The Bertz CT molecular complexity index is 1490. The summed E-state index contributed by atoms with van der Waals surface area (Å²) in [5.41, 5.74) is 10.4. The van der Waals surface area contributed by atoms with E-state index >= 15 is 0 Å². The van der Waals surface area contributed by atoms with Crippen LogP contribution < -0.4 is 22.8 Å². The van der Waals surface area contributed by atoms with E-state index in [0.717, 1.165) is 9.61 Å². The molecule has 266 valence electrons. The van der Waals surface area contributed by atoms with Gasteiger partial charge in [-0.3, -0.25) is 9.13 Å². The largest absolute Gasteiger partial charge is 0.411 e. The van der Waals surface area contributed by atoms with Crippen LogP contribution in [0.2, 0.25) is 42.3 Å². The quantitative estimate of drug-likeness (QED) is 0.223. The van der Waals surface area contributed by atoms with Crippen molar-refractivity contribution in [1.29, 1.82) is 0 Å². The monoisotopic (exact) mass is 918 g/mol. The summed E-state index contributed by atoms with van der Waals surface area (Å²) < 4.78 is 23.0. The Hall–Kier alpha value is -0.946. The van der Waals surface area contributed by atoms with E-state index in [2.05, 4.69) is 100 Å². The van der Waals surface area contributed by atoms with Crippen LogP contribution in [0, 0.1) is 7.14 Å². The van der Waals surface area contributed by atoms with E-state index in [1.165, 1.54) is 10.8 Å². The highest BCUT2D eigenvalue weighted by atomic mass is 127. The fraction of sp³-hybridized carbons (Fsp3) is 0.733. The number of aliphatic hydroxyl groups excluding tert-OH is 2. The number of ether oxygens (including phenoxy) is 2. The fourth-order valence-corrected chi connectivity index (χ4v) is 9.10. The smallest absolute Gasteiger partial charge is 0.351 e. The molecule has 6 N–H and O–H groups in total. The minimum atomic E-state index is -1.99. The second kappa shape index (κ2) is 15.1. The fourth-order valence-electron chi connectivity index (χ4n) is 4.92. The number of rotatable bonds is 7. The van der Waals surface area contributed by atoms with Gasteiger partial charge in [-0.1, -0.05) is 54.6 Å². The van der Waals surface area contributed by atoms with E-state index in [0.29, 0.717) is 9.99 Å². The Balaban J connectivity index is 0.000000297. The van der Waals surface area contributed by atoms with Crippen molar-refractivity contribution in [3.63, 3.8) is 0 Å². The lowest BCUT2D eigenvalue weighted by Crippen LogP contribution is -2.48. The molecular weight excluding hydrogens is 866 g/mol. The molecular formula is C30H52I2N6O7Si2. The van der Waals surface area contributed by atoms with E-state index in [1.54, 1.807) is 10.8 Å². The van der Waals surface area contributed by atoms with Gasteiger partial charge < -0.3 is 35.6 Å². The SMILES string of the molecule is CC(C)(C)[Si](C)(C)C[C@H]1O[C@@H](n2cc(I)c(N)nc2=O)C[C@H]1O[Si](C)(C)C(C)(C)C.Nc1nc(=O)n([C@H]2C[C@@H](O)[C@@H](CO)O2)cc1I. The molecule has 2 aliphatic heterocycles. The summed E-state index contributed by atoms with van der Waals surface area (Å²) in [5, 5.41) is 18.9. The highest BCUT2D eigenvalue weighted by Gasteiger charge is 2.48. The molecule has 0 aliphatic carbocycles. The van der Waals surface area contributed by atoms with Crippen molar-refractivity contribution >= 4 is 73.2 Å². The van der Waals surface area contributed by atoms with Gasteiger partial charge in [-0.25, -0.2) is 9.59 Å². The van der Waals surface area contributed by atoms with Crippen LogP contribution in [-0.4, -0.2) is 76.7 Å². The minimum absolute atomic E-state index is 0.0212. The summed E-state index contributed by atoms with van der Waals surface area (Å²) in [4.78, 5) is 31.8. The van der Waals surface area contributed by atoms with E-state index < -0.39 is 40.5 Å². The minimum Gasteiger partial charge on any atom is -0.411 e. The van der Waals surface area contributed by atoms with Crippen molar-refractivity contribution in [1.82, 2.24) is 19.1 Å². The number of hydrogen-bond donors (Lipinski definition) is 4. The van der Waals surface area contributed by atoms with Gasteiger partial charge in [0.25, 0.3) is 0 Å². The van der Waals surface area contributed by atoms with Crippen LogP contribution in [0.5, 0.6) is 0 Å². The summed E-state index contributed by atoms with van der Waals surface area (Å²) in [6.45, 7) is 22.9. The molecule has 2 saturated heterocycles. The number of nitrogens with two attached hydrogens (primary N) is 2. The van der Waals surface area contributed by atoms with E-state index in [9.17, 15) is 14.7 Å². The number of nitrogen functional groups attached to an aromatic ring is 2. The third-order valence-corrected chi connectivity index (χ3v) is 21.7. The predicted molar refractivity (Wildman–Crippen MR) is 205 cm³/mol. The van der Waals surface area contributed by atoms with Gasteiger partial charge in [0, 0.05) is 25.2 Å². The predicted octanol–water partition coefficient (Wildman–Crippen LogP) is 4.69. The molecule has 2 aromatic rings. The highest BCUT2D eigenvalue weighted by Crippen LogP contribution is 2.46. The number of anilines is 2. The van der Waals surface area contributed by atoms with Gasteiger partial charge in [0.05, 0.1) is 40.1 Å². The number of aliphatic hydroxyl groups is 2. The summed E-state index contributed by atoms with van der Waals surface area (Å²) in [6.07, 6.45) is 1.71. The van der Waals surface area contributed by atoms with Crippen LogP contribution in [0.1, 0.15) is 66.8 Å². The zero-order valence-corrected chi connectivity index (χ0v) is 35.4. The van der Waals surface area contributed by atoms with Crippen molar-refractivity contribution in [2.45, 2.75) is 134 Å². The maximum absolute atomic E-state index is 12.5. The van der Waals surface area contributed by atoms with Crippen molar-refractivity contribution < 1.29 is 24.1 Å². The lowest BCUT2D eigenvalue weighted by Gasteiger charge is -2.42. The second-order valence-corrected chi connectivity index (χ2v) is 28.3. The van der Waals surface area contributed by atoms with Crippen molar-refractivity contribution in [2.75, 3.05) is 18.1 Å². The first-order valence-corrected chi connectivity index (χ1v) is 24.0. The molecule has 0 unspecified atom stereocenters. The van der Waals surface area contributed by atoms with Crippen LogP contribution in [0.15, 0.2) is 22.0 Å². The molecule has 2 aliphatic rings. The zero-order valence-electron chi connectivity index (χ0n) is 29.1. The van der Waals surface area contributed by atoms with Crippen LogP contribution in [0.25, 0.3) is 0 Å². The molecule has 0 spiro atoms. The standard InChI is InChI=1S/C21H40IN3O3Si2.C9H12IN3O4/c1-20(2,3)29(7,8)13-16-15(28-30(9,10)21(4,5)6)11-17(27-16)25-12-14(22)18(23)24-19(25)26;10-4-2-13(9(16)12-8(4)11)7-1-5(15)6(3-14)17-7/h12,15-17H,11,13H2,1-10H3,(H2,23,24,26);2,5-7,14-15H,1,3H2,(H2,11,12,16)/t15-,16-,17-;5-,6-,7-/m11/s1. The van der Waals surface area contributed by atoms with Gasteiger partial charge in [-0.15, -0.1) is 0 Å². The zero-order chi connectivity index (χ0) is 35.9. The van der Waals surface area contributed by atoms with Gasteiger partial charge in [0.2, 0.25) is 0 Å². The lowest BCUT2D eigenvalue weighted by molar-refractivity contribution is -0.0459. The summed E-state index contributed by atoms with van der Waals surface area (Å²) >= 11 is 4.07. The number of nitrogens with zero attached hydrogens (tertiary/aromatic N) is 4. The molecule has 47 heavy (non-hydrogen) atoms. The Labute approximate surface area is 306 Å². The number of hydrogen-bond acceptors (Lipinski definition) is 11. The summed E-state index contributed by atoms with van der Waals surface area (Å²) in [5.74, 6) is 0.436. The van der Waals surface area contributed by atoms with Crippen molar-refractivity contribution in [3.8, 4) is 0 Å².